The third-order valence-corrected chi connectivity index (χ3v) is 7.25. The minimum absolute atomic E-state index is 0.0248. The second kappa shape index (κ2) is 15.5. The molecule has 2 aliphatic rings. The molecule has 14 N–H and O–H groups in total. The molecule has 0 radical (unpaired) electrons. The van der Waals surface area contributed by atoms with E-state index in [1.165, 1.54) is 0 Å². The van der Waals surface area contributed by atoms with Crippen LogP contribution < -0.4 is 34.0 Å². The number of halogens is 1. The second-order valence-electron chi connectivity index (χ2n) is 8.98. The molecular weight excluding hydrogens is 561 g/mol. The van der Waals surface area contributed by atoms with Crippen molar-refractivity contribution < 1.29 is 29.5 Å². The molecule has 202 valence electrons. The standard InChI is InChI=1S/C20H44IN7O6/c21-28(6-1-3-22)7-2-4-27-5-8-32-19-15(29)11(24)9-12(25)18(19)34-20-14(26)17(31)16(30)13(10-23)33-20/h11-20,27,29-31H,1-10,22-26H2/t11-,12+,13-,14-,15+,16-,17-,18-,19-,20-/m1/s1. The molecule has 2 rings (SSSR count). The maximum absolute atomic E-state index is 10.7. The Morgan fingerprint density at radius 2 is 1.65 bits per heavy atom. The molecule has 1 saturated carbocycles. The summed E-state index contributed by atoms with van der Waals surface area (Å²) in [5.41, 5.74) is 29.5. The van der Waals surface area contributed by atoms with E-state index in [1.807, 2.05) is 0 Å². The topological polar surface area (TPSA) is 234 Å². The fourth-order valence-electron chi connectivity index (χ4n) is 4.21. The molecule has 0 aromatic rings. The van der Waals surface area contributed by atoms with E-state index in [9.17, 15) is 15.3 Å². The van der Waals surface area contributed by atoms with Gasteiger partial charge >= 0.3 is 0 Å². The zero-order valence-electron chi connectivity index (χ0n) is 19.6. The quantitative estimate of drug-likeness (QED) is 0.0521. The molecule has 1 heterocycles. The Labute approximate surface area is 215 Å². The first-order chi connectivity index (χ1) is 16.2. The highest BCUT2D eigenvalue weighted by atomic mass is 127. The zero-order valence-corrected chi connectivity index (χ0v) is 21.8. The van der Waals surface area contributed by atoms with Crippen LogP contribution in [0.2, 0.25) is 0 Å². The Morgan fingerprint density at radius 3 is 2.32 bits per heavy atom. The maximum Gasteiger partial charge on any atom is 0.176 e. The molecule has 0 spiro atoms. The summed E-state index contributed by atoms with van der Waals surface area (Å²) in [4.78, 5) is 0. The highest BCUT2D eigenvalue weighted by molar-refractivity contribution is 14.1. The van der Waals surface area contributed by atoms with Crippen LogP contribution in [-0.2, 0) is 14.2 Å². The number of hydrogen-bond acceptors (Lipinski definition) is 13. The normalized spacial score (nSPS) is 39.0. The minimum atomic E-state index is -1.28. The van der Waals surface area contributed by atoms with Gasteiger partial charge in [0.05, 0.1) is 18.8 Å². The number of nitrogens with zero attached hydrogens (tertiary/aromatic N) is 1. The van der Waals surface area contributed by atoms with Crippen molar-refractivity contribution in [1.29, 1.82) is 0 Å². The summed E-state index contributed by atoms with van der Waals surface area (Å²) in [6.45, 7) is 4.30. The van der Waals surface area contributed by atoms with Crippen LogP contribution in [0.5, 0.6) is 0 Å². The van der Waals surface area contributed by atoms with Crippen molar-refractivity contribution in [1.82, 2.24) is 8.43 Å². The van der Waals surface area contributed by atoms with Crippen molar-refractivity contribution in [2.45, 2.75) is 80.3 Å². The van der Waals surface area contributed by atoms with E-state index in [1.54, 1.807) is 0 Å². The van der Waals surface area contributed by atoms with Gasteiger partial charge in [0, 0.05) is 61.1 Å². The molecule has 14 heteroatoms. The summed E-state index contributed by atoms with van der Waals surface area (Å²) >= 11 is 2.30. The monoisotopic (exact) mass is 605 g/mol. The van der Waals surface area contributed by atoms with E-state index in [4.69, 9.17) is 42.9 Å². The molecule has 2 fully saturated rings. The molecule has 0 bridgehead atoms. The predicted octanol–water partition coefficient (Wildman–Crippen LogP) is -4.11. The number of nitrogens with one attached hydrogen (secondary N) is 1. The molecule has 0 amide bonds. The van der Waals surface area contributed by atoms with Gasteiger partial charge in [-0.25, -0.2) is 3.11 Å². The van der Waals surface area contributed by atoms with Crippen molar-refractivity contribution in [3.8, 4) is 0 Å². The van der Waals surface area contributed by atoms with Gasteiger partial charge < -0.3 is 63.5 Å². The van der Waals surface area contributed by atoms with Gasteiger partial charge in [-0.2, -0.15) is 0 Å². The minimum Gasteiger partial charge on any atom is -0.389 e. The van der Waals surface area contributed by atoms with Crippen LogP contribution in [-0.4, -0.2) is 125 Å². The van der Waals surface area contributed by atoms with Crippen LogP contribution in [0.1, 0.15) is 19.3 Å². The summed E-state index contributed by atoms with van der Waals surface area (Å²) in [7, 11) is 0. The maximum atomic E-state index is 10.7. The third-order valence-electron chi connectivity index (χ3n) is 6.29. The van der Waals surface area contributed by atoms with E-state index in [0.29, 0.717) is 26.1 Å². The lowest BCUT2D eigenvalue weighted by Gasteiger charge is -2.46. The SMILES string of the molecule is NCCCN(I)CCCNCCO[C@@H]1[C@@H](O)[C@H](N)C[C@H](N)[C@H]1O[C@H]1O[C@H](CN)[C@@H](O)[C@H](O)[C@H]1N. The second-order valence-corrected chi connectivity index (χ2v) is 10.3. The van der Waals surface area contributed by atoms with Gasteiger partial charge in [0.2, 0.25) is 0 Å². The Bertz CT molecular complexity index is 572. The average Bonchev–Trinajstić information content (AvgIpc) is 2.81. The molecule has 0 unspecified atom stereocenters. The molecule has 0 aromatic heterocycles. The molecular formula is C20H44IN7O6. The molecule has 10 atom stereocenters. The van der Waals surface area contributed by atoms with Gasteiger partial charge in [0.15, 0.2) is 6.29 Å². The fourth-order valence-corrected chi connectivity index (χ4v) is 4.89. The predicted molar refractivity (Wildman–Crippen MR) is 136 cm³/mol. The van der Waals surface area contributed by atoms with Gasteiger partial charge in [0.25, 0.3) is 0 Å². The first-order valence-corrected chi connectivity index (χ1v) is 12.9. The molecule has 13 nitrogen and oxygen atoms in total. The molecule has 34 heavy (non-hydrogen) atoms. The molecule has 1 aliphatic heterocycles. The number of ether oxygens (including phenoxy) is 3. The van der Waals surface area contributed by atoms with Gasteiger partial charge in [-0.15, -0.1) is 0 Å². The van der Waals surface area contributed by atoms with E-state index in [0.717, 1.165) is 32.5 Å². The third kappa shape index (κ3) is 8.65. The van der Waals surface area contributed by atoms with Crippen LogP contribution in [0, 0.1) is 0 Å². The highest BCUT2D eigenvalue weighted by Gasteiger charge is 2.48. The molecule has 1 saturated heterocycles. The fraction of sp³-hybridized carbons (Fsp3) is 1.00. The highest BCUT2D eigenvalue weighted by Crippen LogP contribution is 2.28. The van der Waals surface area contributed by atoms with E-state index in [2.05, 4.69) is 31.3 Å². The largest absolute Gasteiger partial charge is 0.389 e. The van der Waals surface area contributed by atoms with Crippen molar-refractivity contribution in [3.05, 3.63) is 0 Å². The van der Waals surface area contributed by atoms with Gasteiger partial charge in [-0.3, -0.25) is 0 Å². The van der Waals surface area contributed by atoms with Crippen molar-refractivity contribution in [3.63, 3.8) is 0 Å². The Hall–Kier alpha value is 0.210. The lowest BCUT2D eigenvalue weighted by molar-refractivity contribution is -0.290. The smallest absolute Gasteiger partial charge is 0.176 e. The molecule has 1 aliphatic carbocycles. The first-order valence-electron chi connectivity index (χ1n) is 12.0. The van der Waals surface area contributed by atoms with Gasteiger partial charge in [0.1, 0.15) is 30.5 Å². The van der Waals surface area contributed by atoms with E-state index in [-0.39, 0.29) is 6.54 Å². The Morgan fingerprint density at radius 1 is 0.941 bits per heavy atom. The van der Waals surface area contributed by atoms with Gasteiger partial charge in [-0.1, -0.05) is 0 Å². The summed E-state index contributed by atoms with van der Waals surface area (Å²) in [5.74, 6) is 0. The Balaban J connectivity index is 1.85. The van der Waals surface area contributed by atoms with Crippen LogP contribution in [0.25, 0.3) is 0 Å². The summed E-state index contributed by atoms with van der Waals surface area (Å²) in [6, 6.07) is -2.14. The first kappa shape index (κ1) is 30.4. The average molecular weight is 606 g/mol. The summed E-state index contributed by atoms with van der Waals surface area (Å²) in [6.07, 6.45) is -4.74. The van der Waals surface area contributed by atoms with Crippen LogP contribution in [0.4, 0.5) is 0 Å². The van der Waals surface area contributed by atoms with E-state index < -0.39 is 61.0 Å². The Kier molecular flexibility index (Phi) is 13.8. The number of hydrogen-bond donors (Lipinski definition) is 9. The summed E-state index contributed by atoms with van der Waals surface area (Å²) in [5, 5.41) is 34.3. The number of aliphatic hydroxyl groups excluding tert-OH is 3. The lowest BCUT2D eigenvalue weighted by Crippen LogP contribution is -2.67. The van der Waals surface area contributed by atoms with Gasteiger partial charge in [-0.05, 0) is 32.4 Å². The van der Waals surface area contributed by atoms with Crippen molar-refractivity contribution in [2.24, 2.45) is 28.7 Å². The van der Waals surface area contributed by atoms with Crippen molar-refractivity contribution >= 4 is 22.9 Å². The van der Waals surface area contributed by atoms with Crippen LogP contribution in [0.15, 0.2) is 0 Å². The van der Waals surface area contributed by atoms with Crippen molar-refractivity contribution in [2.75, 3.05) is 45.9 Å². The summed E-state index contributed by atoms with van der Waals surface area (Å²) < 4.78 is 19.9. The zero-order chi connectivity index (χ0) is 25.3. The molecule has 0 aromatic carbocycles. The van der Waals surface area contributed by atoms with E-state index >= 15 is 0 Å². The van der Waals surface area contributed by atoms with Crippen LogP contribution >= 0.6 is 22.9 Å². The number of nitrogens with two attached hydrogens (primary N) is 5. The number of rotatable bonds is 14. The lowest BCUT2D eigenvalue weighted by atomic mass is 9.84. The van der Waals surface area contributed by atoms with Crippen LogP contribution in [0.3, 0.4) is 0 Å². The number of aliphatic hydroxyl groups is 3.